The average Bonchev–Trinajstić information content (AvgIpc) is 2.55. The van der Waals surface area contributed by atoms with Gasteiger partial charge in [0.05, 0.1) is 12.8 Å². The lowest BCUT2D eigenvalue weighted by atomic mass is 10.2. The van der Waals surface area contributed by atoms with E-state index in [0.29, 0.717) is 17.1 Å². The molecule has 2 aromatic carbocycles. The van der Waals surface area contributed by atoms with Crippen molar-refractivity contribution in [2.75, 3.05) is 17.7 Å². The lowest BCUT2D eigenvalue weighted by Crippen LogP contribution is -2.15. The van der Waals surface area contributed by atoms with Crippen LogP contribution in [0, 0.1) is 18.3 Å². The van der Waals surface area contributed by atoms with Crippen LogP contribution in [0.15, 0.2) is 54.2 Å². The Labute approximate surface area is 140 Å². The van der Waals surface area contributed by atoms with E-state index in [0.717, 1.165) is 5.56 Å². The third-order valence-electron chi connectivity index (χ3n) is 3.20. The van der Waals surface area contributed by atoms with Crippen LogP contribution < -0.4 is 15.4 Å². The molecule has 1 amide bonds. The molecular formula is C18H17N3O3. The molecule has 0 atom stereocenters. The lowest BCUT2D eigenvalue weighted by molar-refractivity contribution is -0.112. The molecule has 0 fully saturated rings. The molecule has 0 spiro atoms. The summed E-state index contributed by atoms with van der Waals surface area (Å²) in [5.74, 6) is 0.0297. The van der Waals surface area contributed by atoms with Gasteiger partial charge in [-0.3, -0.25) is 4.79 Å². The molecule has 6 nitrogen and oxygen atoms in total. The number of carbonyl (C=O) groups excluding carboxylic acids is 1. The number of phenolic OH excluding ortho intramolecular Hbond substituents is 1. The summed E-state index contributed by atoms with van der Waals surface area (Å²) in [6.45, 7) is 1.89. The van der Waals surface area contributed by atoms with Crippen molar-refractivity contribution in [2.24, 2.45) is 0 Å². The molecule has 0 heterocycles. The monoisotopic (exact) mass is 323 g/mol. The van der Waals surface area contributed by atoms with E-state index in [4.69, 9.17) is 4.74 Å². The zero-order chi connectivity index (χ0) is 17.5. The van der Waals surface area contributed by atoms with Gasteiger partial charge in [0.2, 0.25) is 0 Å². The highest BCUT2D eigenvalue weighted by Gasteiger charge is 2.12. The Morgan fingerprint density at radius 2 is 2.08 bits per heavy atom. The fourth-order valence-electron chi connectivity index (χ4n) is 2.01. The zero-order valence-corrected chi connectivity index (χ0v) is 13.3. The van der Waals surface area contributed by atoms with Crippen LogP contribution in [0.2, 0.25) is 0 Å². The third kappa shape index (κ3) is 4.27. The second-order valence-corrected chi connectivity index (χ2v) is 5.02. The van der Waals surface area contributed by atoms with Gasteiger partial charge in [-0.25, -0.2) is 0 Å². The molecule has 2 aromatic rings. The second-order valence-electron chi connectivity index (χ2n) is 5.02. The van der Waals surface area contributed by atoms with Crippen molar-refractivity contribution in [3.05, 3.63) is 59.8 Å². The molecule has 122 valence electrons. The smallest absolute Gasteiger partial charge is 0.267 e. The van der Waals surface area contributed by atoms with E-state index in [-0.39, 0.29) is 11.3 Å². The number of nitriles is 1. The van der Waals surface area contributed by atoms with Crippen LogP contribution in [0.25, 0.3) is 0 Å². The molecule has 0 radical (unpaired) electrons. The zero-order valence-electron chi connectivity index (χ0n) is 13.3. The van der Waals surface area contributed by atoms with Crippen LogP contribution in [0.5, 0.6) is 11.5 Å². The molecule has 0 aromatic heterocycles. The van der Waals surface area contributed by atoms with Crippen molar-refractivity contribution >= 4 is 17.3 Å². The highest BCUT2D eigenvalue weighted by Crippen LogP contribution is 2.25. The fraction of sp³-hybridized carbons (Fsp3) is 0.111. The highest BCUT2D eigenvalue weighted by molar-refractivity contribution is 6.07. The molecule has 0 bridgehead atoms. The number of ether oxygens (including phenoxy) is 1. The maximum Gasteiger partial charge on any atom is 0.267 e. The standard InChI is InChI=1S/C18H17N3O3/c1-12-6-7-17(24-2)16(8-12)21-18(23)13(10-19)11-20-14-4-3-5-15(22)9-14/h3-9,11,20,22H,1-2H3,(H,21,23)/b13-11-. The van der Waals surface area contributed by atoms with Crippen LogP contribution in [-0.4, -0.2) is 18.1 Å². The number of amides is 1. The summed E-state index contributed by atoms with van der Waals surface area (Å²) in [5.41, 5.74) is 1.89. The molecule has 0 aliphatic rings. The molecule has 0 aliphatic carbocycles. The quantitative estimate of drug-likeness (QED) is 0.580. The fourth-order valence-corrected chi connectivity index (χ4v) is 2.01. The van der Waals surface area contributed by atoms with Gasteiger partial charge < -0.3 is 20.5 Å². The van der Waals surface area contributed by atoms with Crippen molar-refractivity contribution in [2.45, 2.75) is 6.92 Å². The number of nitrogens with one attached hydrogen (secondary N) is 2. The molecule has 3 N–H and O–H groups in total. The molecule has 24 heavy (non-hydrogen) atoms. The number of phenols is 1. The summed E-state index contributed by atoms with van der Waals surface area (Å²) in [7, 11) is 1.50. The van der Waals surface area contributed by atoms with Gasteiger partial charge in [0.1, 0.15) is 23.1 Å². The number of hydrogen-bond donors (Lipinski definition) is 3. The molecule has 0 unspecified atom stereocenters. The first-order chi connectivity index (χ1) is 11.5. The van der Waals surface area contributed by atoms with Crippen LogP contribution in [0.3, 0.4) is 0 Å². The molecular weight excluding hydrogens is 306 g/mol. The number of nitrogens with zero attached hydrogens (tertiary/aromatic N) is 1. The van der Waals surface area contributed by atoms with E-state index in [1.165, 1.54) is 25.4 Å². The SMILES string of the molecule is COc1ccc(C)cc1NC(=O)/C(C#N)=C\Nc1cccc(O)c1. The van der Waals surface area contributed by atoms with Gasteiger partial charge in [0.25, 0.3) is 5.91 Å². The summed E-state index contributed by atoms with van der Waals surface area (Å²) in [4.78, 5) is 12.3. The summed E-state index contributed by atoms with van der Waals surface area (Å²) in [6, 6.07) is 13.6. The van der Waals surface area contributed by atoms with E-state index in [9.17, 15) is 15.2 Å². The second kappa shape index (κ2) is 7.70. The van der Waals surface area contributed by atoms with E-state index >= 15 is 0 Å². The largest absolute Gasteiger partial charge is 0.508 e. The van der Waals surface area contributed by atoms with Crippen molar-refractivity contribution < 1.29 is 14.6 Å². The van der Waals surface area contributed by atoms with E-state index in [2.05, 4.69) is 10.6 Å². The molecule has 2 rings (SSSR count). The number of aryl methyl sites for hydroxylation is 1. The maximum atomic E-state index is 12.3. The minimum Gasteiger partial charge on any atom is -0.508 e. The van der Waals surface area contributed by atoms with Gasteiger partial charge in [-0.05, 0) is 36.8 Å². The van der Waals surface area contributed by atoms with E-state index in [1.54, 1.807) is 24.3 Å². The van der Waals surface area contributed by atoms with Crippen LogP contribution in [0.4, 0.5) is 11.4 Å². The van der Waals surface area contributed by atoms with Gasteiger partial charge >= 0.3 is 0 Å². The van der Waals surface area contributed by atoms with Crippen molar-refractivity contribution in [1.82, 2.24) is 0 Å². The Bertz CT molecular complexity index is 822. The van der Waals surface area contributed by atoms with Crippen LogP contribution in [0.1, 0.15) is 5.56 Å². The maximum absolute atomic E-state index is 12.3. The summed E-state index contributed by atoms with van der Waals surface area (Å²) in [5, 5.41) is 24.1. The number of aromatic hydroxyl groups is 1. The van der Waals surface area contributed by atoms with E-state index in [1.807, 2.05) is 19.1 Å². The molecule has 0 saturated heterocycles. The predicted molar refractivity (Wildman–Crippen MR) is 91.8 cm³/mol. The minimum atomic E-state index is -0.561. The average molecular weight is 323 g/mol. The Morgan fingerprint density at radius 3 is 2.75 bits per heavy atom. The number of carbonyl (C=O) groups is 1. The number of methoxy groups -OCH3 is 1. The normalized spacial score (nSPS) is 10.6. The predicted octanol–water partition coefficient (Wildman–Crippen LogP) is 3.17. The topological polar surface area (TPSA) is 94.4 Å². The number of hydrogen-bond acceptors (Lipinski definition) is 5. The lowest BCUT2D eigenvalue weighted by Gasteiger charge is -2.10. The first kappa shape index (κ1) is 16.9. The Kier molecular flexibility index (Phi) is 5.42. The van der Waals surface area contributed by atoms with Crippen LogP contribution in [-0.2, 0) is 4.79 Å². The Hall–Kier alpha value is -3.46. The van der Waals surface area contributed by atoms with Gasteiger partial charge in [-0.1, -0.05) is 12.1 Å². The van der Waals surface area contributed by atoms with Crippen molar-refractivity contribution in [3.63, 3.8) is 0 Å². The van der Waals surface area contributed by atoms with Gasteiger partial charge in [-0.15, -0.1) is 0 Å². The summed E-state index contributed by atoms with van der Waals surface area (Å²) in [6.07, 6.45) is 1.28. The first-order valence-electron chi connectivity index (χ1n) is 7.15. The Balaban J connectivity index is 2.16. The summed E-state index contributed by atoms with van der Waals surface area (Å²) >= 11 is 0. The Morgan fingerprint density at radius 1 is 1.29 bits per heavy atom. The first-order valence-corrected chi connectivity index (χ1v) is 7.15. The number of benzene rings is 2. The van der Waals surface area contributed by atoms with Gasteiger partial charge in [0, 0.05) is 18.0 Å². The minimum absolute atomic E-state index is 0.0841. The summed E-state index contributed by atoms with van der Waals surface area (Å²) < 4.78 is 5.20. The van der Waals surface area contributed by atoms with Crippen molar-refractivity contribution in [3.8, 4) is 17.6 Å². The molecule has 0 saturated carbocycles. The van der Waals surface area contributed by atoms with Crippen molar-refractivity contribution in [1.29, 1.82) is 5.26 Å². The number of rotatable bonds is 5. The molecule has 0 aliphatic heterocycles. The van der Waals surface area contributed by atoms with Gasteiger partial charge in [-0.2, -0.15) is 5.26 Å². The highest BCUT2D eigenvalue weighted by atomic mass is 16.5. The van der Waals surface area contributed by atoms with Gasteiger partial charge in [0.15, 0.2) is 0 Å². The third-order valence-corrected chi connectivity index (χ3v) is 3.20. The van der Waals surface area contributed by atoms with Crippen LogP contribution >= 0.6 is 0 Å². The number of anilines is 2. The van der Waals surface area contributed by atoms with E-state index < -0.39 is 5.91 Å². The molecule has 6 heteroatoms.